The minimum absolute atomic E-state index is 0.0457. The molecule has 1 aliphatic rings. The molecule has 0 radical (unpaired) electrons. The van der Waals surface area contributed by atoms with Gasteiger partial charge in [-0.05, 0) is 24.1 Å². The lowest BCUT2D eigenvalue weighted by Gasteiger charge is -2.43. The third-order valence-corrected chi connectivity index (χ3v) is 6.14. The Kier molecular flexibility index (Phi) is 8.41. The summed E-state index contributed by atoms with van der Waals surface area (Å²) in [5, 5.41) is 0. The van der Waals surface area contributed by atoms with Gasteiger partial charge in [0.15, 0.2) is 0 Å². The van der Waals surface area contributed by atoms with E-state index in [-0.39, 0.29) is 18.8 Å². The normalized spacial score (nSPS) is 20.5. The minimum atomic E-state index is -3.40. The molecule has 1 aliphatic heterocycles. The Balaban J connectivity index is 1.68. The molecule has 7 heteroatoms. The fraction of sp³-hybridized carbons (Fsp3) is 0.478. The lowest BCUT2D eigenvalue weighted by atomic mass is 9.98. The molecule has 0 unspecified atom stereocenters. The van der Waals surface area contributed by atoms with E-state index >= 15 is 0 Å². The molecule has 1 fully saturated rings. The van der Waals surface area contributed by atoms with Gasteiger partial charge < -0.3 is 4.74 Å². The molecule has 2 aromatic carbocycles. The van der Waals surface area contributed by atoms with Gasteiger partial charge in [0.2, 0.25) is 0 Å². The second kappa shape index (κ2) is 11.0. The van der Waals surface area contributed by atoms with Crippen LogP contribution in [0.4, 0.5) is 0 Å². The zero-order valence-electron chi connectivity index (χ0n) is 17.8. The van der Waals surface area contributed by atoms with Crippen LogP contribution in [0.25, 0.3) is 0 Å². The molecule has 0 bridgehead atoms. The van der Waals surface area contributed by atoms with Gasteiger partial charge in [-0.3, -0.25) is 14.0 Å². The average molecular weight is 433 g/mol. The van der Waals surface area contributed by atoms with Crippen molar-refractivity contribution in [2.75, 3.05) is 39.6 Å². The second-order valence-electron chi connectivity index (χ2n) is 7.83. The van der Waals surface area contributed by atoms with Gasteiger partial charge in [0.1, 0.15) is 0 Å². The Bertz CT molecular complexity index is 820. The van der Waals surface area contributed by atoms with Crippen LogP contribution in [0.15, 0.2) is 60.7 Å². The molecule has 3 rings (SSSR count). The fourth-order valence-corrected chi connectivity index (χ4v) is 4.44. The molecule has 6 nitrogen and oxygen atoms in total. The molecule has 164 valence electrons. The molecule has 0 spiro atoms. The van der Waals surface area contributed by atoms with E-state index in [1.54, 1.807) is 7.11 Å². The molecule has 0 N–H and O–H groups in total. The summed E-state index contributed by atoms with van der Waals surface area (Å²) in [6, 6.07) is 21.3. The first kappa shape index (κ1) is 22.9. The quantitative estimate of drug-likeness (QED) is 0.538. The molecule has 0 amide bonds. The van der Waals surface area contributed by atoms with Crippen molar-refractivity contribution in [1.29, 1.82) is 0 Å². The zero-order valence-corrected chi connectivity index (χ0v) is 18.6. The molecular formula is C23H32N2O4S. The second-order valence-corrected chi connectivity index (χ2v) is 9.48. The number of hydrogen-bond acceptors (Lipinski definition) is 6. The lowest BCUT2D eigenvalue weighted by Crippen LogP contribution is -2.54. The van der Waals surface area contributed by atoms with Crippen LogP contribution in [0, 0.1) is 0 Å². The van der Waals surface area contributed by atoms with Crippen LogP contribution < -0.4 is 0 Å². The van der Waals surface area contributed by atoms with Crippen LogP contribution >= 0.6 is 0 Å². The summed E-state index contributed by atoms with van der Waals surface area (Å²) >= 11 is 0. The summed E-state index contributed by atoms with van der Waals surface area (Å²) in [4.78, 5) is 4.72. The minimum Gasteiger partial charge on any atom is -0.378 e. The number of methoxy groups -OCH3 is 1. The van der Waals surface area contributed by atoms with Crippen molar-refractivity contribution in [2.45, 2.75) is 31.7 Å². The van der Waals surface area contributed by atoms with E-state index in [9.17, 15) is 8.42 Å². The maximum absolute atomic E-state index is 11.2. The maximum atomic E-state index is 11.2. The molecule has 0 saturated carbocycles. The van der Waals surface area contributed by atoms with Crippen LogP contribution in [-0.4, -0.2) is 70.0 Å². The van der Waals surface area contributed by atoms with Gasteiger partial charge in [0.25, 0.3) is 10.1 Å². The molecule has 1 heterocycles. The predicted octanol–water partition coefficient (Wildman–Crippen LogP) is 2.75. The smallest absolute Gasteiger partial charge is 0.264 e. The van der Waals surface area contributed by atoms with Crippen molar-refractivity contribution in [3.8, 4) is 0 Å². The molecule has 2 aromatic rings. The van der Waals surface area contributed by atoms with Gasteiger partial charge in [-0.1, -0.05) is 60.7 Å². The third kappa shape index (κ3) is 7.18. The van der Waals surface area contributed by atoms with E-state index in [1.807, 2.05) is 12.1 Å². The van der Waals surface area contributed by atoms with Gasteiger partial charge in [0, 0.05) is 39.3 Å². The van der Waals surface area contributed by atoms with Crippen molar-refractivity contribution in [3.05, 3.63) is 71.8 Å². The van der Waals surface area contributed by atoms with Crippen molar-refractivity contribution >= 4 is 10.1 Å². The molecule has 1 saturated heterocycles. The summed E-state index contributed by atoms with van der Waals surface area (Å²) < 4.78 is 33.2. The average Bonchev–Trinajstić information content (AvgIpc) is 2.74. The van der Waals surface area contributed by atoms with E-state index in [0.717, 1.165) is 38.9 Å². The highest BCUT2D eigenvalue weighted by Gasteiger charge is 2.33. The van der Waals surface area contributed by atoms with Crippen LogP contribution in [0.1, 0.15) is 17.5 Å². The summed E-state index contributed by atoms with van der Waals surface area (Å²) in [5.74, 6) is 0. The predicted molar refractivity (Wildman–Crippen MR) is 119 cm³/mol. The molecule has 30 heavy (non-hydrogen) atoms. The van der Waals surface area contributed by atoms with Crippen molar-refractivity contribution in [3.63, 3.8) is 0 Å². The number of benzene rings is 2. The number of likely N-dealkylation sites (tertiary alicyclic amines) is 1. The van der Waals surface area contributed by atoms with E-state index in [1.165, 1.54) is 11.1 Å². The Morgan fingerprint density at radius 1 is 1.00 bits per heavy atom. The lowest BCUT2D eigenvalue weighted by molar-refractivity contribution is -0.0451. The number of rotatable bonds is 10. The highest BCUT2D eigenvalue weighted by molar-refractivity contribution is 7.85. The van der Waals surface area contributed by atoms with E-state index in [2.05, 4.69) is 58.3 Å². The maximum Gasteiger partial charge on any atom is 0.264 e. The van der Waals surface area contributed by atoms with Gasteiger partial charge in [-0.15, -0.1) is 0 Å². The summed E-state index contributed by atoms with van der Waals surface area (Å²) in [7, 11) is -1.64. The molecule has 0 aliphatic carbocycles. The van der Waals surface area contributed by atoms with Gasteiger partial charge in [0.05, 0.1) is 19.0 Å². The number of piperidine rings is 1. The molecule has 2 atom stereocenters. The van der Waals surface area contributed by atoms with Crippen LogP contribution in [0.2, 0.25) is 0 Å². The highest BCUT2D eigenvalue weighted by Crippen LogP contribution is 2.23. The standard InChI is InChI=1S/C23H32N2O4S/c1-28-23-19-24(15-16-29-30(2,26)27)14-13-22(23)25(17-20-9-5-3-6-10-20)18-21-11-7-4-8-12-21/h3-12,22-23H,13-19H2,1-2H3/t22-,23+/m0/s1. The fourth-order valence-electron chi connectivity index (χ4n) is 4.06. The molecule has 0 aromatic heterocycles. The SMILES string of the molecule is CO[C@@H]1CN(CCOS(C)(=O)=O)CC[C@@H]1N(Cc1ccccc1)Cc1ccccc1. The number of ether oxygens (including phenoxy) is 1. The first-order chi connectivity index (χ1) is 14.4. The number of hydrogen-bond donors (Lipinski definition) is 0. The van der Waals surface area contributed by atoms with Crippen molar-refractivity contribution in [2.24, 2.45) is 0 Å². The van der Waals surface area contributed by atoms with Crippen molar-refractivity contribution < 1.29 is 17.3 Å². The Labute approximate surface area is 180 Å². The first-order valence-corrected chi connectivity index (χ1v) is 12.2. The Morgan fingerprint density at radius 2 is 1.57 bits per heavy atom. The van der Waals surface area contributed by atoms with E-state index < -0.39 is 10.1 Å². The third-order valence-electron chi connectivity index (χ3n) is 5.54. The van der Waals surface area contributed by atoms with Crippen LogP contribution in [-0.2, 0) is 32.1 Å². The highest BCUT2D eigenvalue weighted by atomic mass is 32.2. The molecular weight excluding hydrogens is 400 g/mol. The van der Waals surface area contributed by atoms with E-state index in [4.69, 9.17) is 8.92 Å². The summed E-state index contributed by atoms with van der Waals surface area (Å²) in [5.41, 5.74) is 2.57. The van der Waals surface area contributed by atoms with Crippen LogP contribution in [0.3, 0.4) is 0 Å². The first-order valence-electron chi connectivity index (χ1n) is 10.4. The topological polar surface area (TPSA) is 59.1 Å². The van der Waals surface area contributed by atoms with E-state index in [0.29, 0.717) is 6.54 Å². The van der Waals surface area contributed by atoms with Gasteiger partial charge in [-0.25, -0.2) is 0 Å². The van der Waals surface area contributed by atoms with Crippen molar-refractivity contribution in [1.82, 2.24) is 9.80 Å². The Morgan fingerprint density at radius 3 is 2.07 bits per heavy atom. The largest absolute Gasteiger partial charge is 0.378 e. The van der Waals surface area contributed by atoms with Gasteiger partial charge >= 0.3 is 0 Å². The summed E-state index contributed by atoms with van der Waals surface area (Å²) in [6.07, 6.45) is 2.09. The van der Waals surface area contributed by atoms with Crippen LogP contribution in [0.5, 0.6) is 0 Å². The zero-order chi connectivity index (χ0) is 21.4. The van der Waals surface area contributed by atoms with Gasteiger partial charge in [-0.2, -0.15) is 8.42 Å². The Hall–Kier alpha value is -1.77. The monoisotopic (exact) mass is 432 g/mol. The number of nitrogens with zero attached hydrogens (tertiary/aromatic N) is 2. The summed E-state index contributed by atoms with van der Waals surface area (Å²) in [6.45, 7) is 4.12.